The number of aldehydes is 1. The van der Waals surface area contributed by atoms with Gasteiger partial charge in [-0.1, -0.05) is 6.92 Å². The van der Waals surface area contributed by atoms with Gasteiger partial charge in [0, 0.05) is 12.3 Å². The van der Waals surface area contributed by atoms with Crippen molar-refractivity contribution in [2.45, 2.75) is 33.1 Å². The number of hydrogen-bond donors (Lipinski definition) is 0. The Morgan fingerprint density at radius 2 is 2.20 bits per heavy atom. The molecule has 58 valence electrons. The summed E-state index contributed by atoms with van der Waals surface area (Å²) in [5.74, 6) is 0.317. The summed E-state index contributed by atoms with van der Waals surface area (Å²) in [5, 5.41) is 0. The van der Waals surface area contributed by atoms with Crippen molar-refractivity contribution < 1.29 is 9.59 Å². The molecule has 10 heavy (non-hydrogen) atoms. The molecule has 0 aromatic carbocycles. The molecule has 0 saturated carbocycles. The van der Waals surface area contributed by atoms with E-state index in [2.05, 4.69) is 0 Å². The number of hydrogen-bond acceptors (Lipinski definition) is 2. The minimum atomic E-state index is 0.111. The SMILES string of the molecule is CC(=O)CCC[C@H](C)C=O. The molecule has 0 spiro atoms. The highest BCUT2D eigenvalue weighted by atomic mass is 16.1. The number of carbonyl (C=O) groups excluding carboxylic acids is 2. The molecule has 0 fully saturated rings. The van der Waals surface area contributed by atoms with Crippen LogP contribution in [-0.2, 0) is 9.59 Å². The Balaban J connectivity index is 3.19. The molecule has 0 aromatic heterocycles. The van der Waals surface area contributed by atoms with E-state index < -0.39 is 0 Å². The Hall–Kier alpha value is -0.660. The molecule has 0 heterocycles. The van der Waals surface area contributed by atoms with E-state index >= 15 is 0 Å². The van der Waals surface area contributed by atoms with Crippen molar-refractivity contribution in [1.29, 1.82) is 0 Å². The standard InChI is InChI=1S/C8H14O2/c1-7(6-9)4-3-5-8(2)10/h6-7H,3-5H2,1-2H3/t7-/m0/s1. The summed E-state index contributed by atoms with van der Waals surface area (Å²) in [6.45, 7) is 3.44. The molecular formula is C8H14O2. The average Bonchev–Trinajstić information content (AvgIpc) is 1.87. The predicted molar refractivity (Wildman–Crippen MR) is 39.8 cm³/mol. The fraction of sp³-hybridized carbons (Fsp3) is 0.750. The molecule has 0 aromatic rings. The second-order valence-corrected chi connectivity index (χ2v) is 2.71. The molecular weight excluding hydrogens is 128 g/mol. The Labute approximate surface area is 61.6 Å². The first-order valence-electron chi connectivity index (χ1n) is 3.61. The summed E-state index contributed by atoms with van der Waals surface area (Å²) in [7, 11) is 0. The first-order valence-corrected chi connectivity index (χ1v) is 3.61. The van der Waals surface area contributed by atoms with Crippen LogP contribution in [0.4, 0.5) is 0 Å². The molecule has 0 aliphatic carbocycles. The molecule has 2 nitrogen and oxygen atoms in total. The summed E-state index contributed by atoms with van der Waals surface area (Å²) < 4.78 is 0. The monoisotopic (exact) mass is 142 g/mol. The van der Waals surface area contributed by atoms with Gasteiger partial charge in [0.25, 0.3) is 0 Å². The molecule has 0 unspecified atom stereocenters. The van der Waals surface area contributed by atoms with Crippen molar-refractivity contribution in [3.05, 3.63) is 0 Å². The van der Waals surface area contributed by atoms with E-state index in [9.17, 15) is 9.59 Å². The summed E-state index contributed by atoms with van der Waals surface area (Å²) in [6, 6.07) is 0. The van der Waals surface area contributed by atoms with Crippen LogP contribution in [0.2, 0.25) is 0 Å². The van der Waals surface area contributed by atoms with Gasteiger partial charge in [0.05, 0.1) is 0 Å². The average molecular weight is 142 g/mol. The zero-order valence-electron chi connectivity index (χ0n) is 6.59. The fourth-order valence-corrected chi connectivity index (χ4v) is 0.741. The summed E-state index contributed by atoms with van der Waals surface area (Å²) in [5.41, 5.74) is 0. The second-order valence-electron chi connectivity index (χ2n) is 2.71. The normalized spacial score (nSPS) is 12.6. The Kier molecular flexibility index (Phi) is 4.81. The highest BCUT2D eigenvalue weighted by Crippen LogP contribution is 2.04. The highest BCUT2D eigenvalue weighted by molar-refractivity contribution is 5.75. The van der Waals surface area contributed by atoms with Gasteiger partial charge in [-0.25, -0.2) is 0 Å². The van der Waals surface area contributed by atoms with Crippen molar-refractivity contribution in [2.75, 3.05) is 0 Å². The summed E-state index contributed by atoms with van der Waals surface area (Å²) >= 11 is 0. The first kappa shape index (κ1) is 9.34. The van der Waals surface area contributed by atoms with Crippen LogP contribution in [0, 0.1) is 5.92 Å². The quantitative estimate of drug-likeness (QED) is 0.546. The molecule has 0 radical (unpaired) electrons. The lowest BCUT2D eigenvalue weighted by atomic mass is 10.1. The lowest BCUT2D eigenvalue weighted by Crippen LogP contribution is -1.97. The van der Waals surface area contributed by atoms with Crippen LogP contribution in [0.1, 0.15) is 33.1 Å². The van der Waals surface area contributed by atoms with Crippen LogP contribution < -0.4 is 0 Å². The zero-order valence-corrected chi connectivity index (χ0v) is 6.59. The largest absolute Gasteiger partial charge is 0.303 e. The van der Waals surface area contributed by atoms with Crippen LogP contribution >= 0.6 is 0 Å². The van der Waals surface area contributed by atoms with Crippen LogP contribution in [0.25, 0.3) is 0 Å². The lowest BCUT2D eigenvalue weighted by Gasteiger charge is -1.99. The highest BCUT2D eigenvalue weighted by Gasteiger charge is 1.99. The molecule has 0 N–H and O–H groups in total. The van der Waals surface area contributed by atoms with E-state index in [-0.39, 0.29) is 11.7 Å². The third-order valence-electron chi connectivity index (χ3n) is 1.42. The van der Waals surface area contributed by atoms with Gasteiger partial charge < -0.3 is 9.59 Å². The molecule has 0 aliphatic heterocycles. The molecule has 1 atom stereocenters. The van der Waals surface area contributed by atoms with Gasteiger partial charge in [0.15, 0.2) is 0 Å². The Bertz CT molecular complexity index is 118. The first-order chi connectivity index (χ1) is 4.66. The van der Waals surface area contributed by atoms with Crippen molar-refractivity contribution in [3.8, 4) is 0 Å². The molecule has 0 rings (SSSR count). The van der Waals surface area contributed by atoms with E-state index in [1.165, 1.54) is 0 Å². The third kappa shape index (κ3) is 5.48. The van der Waals surface area contributed by atoms with Gasteiger partial charge >= 0.3 is 0 Å². The van der Waals surface area contributed by atoms with Gasteiger partial charge in [-0.05, 0) is 19.8 Å². The molecule has 0 bridgehead atoms. The number of carbonyl (C=O) groups is 2. The van der Waals surface area contributed by atoms with Gasteiger partial charge in [0.2, 0.25) is 0 Å². The predicted octanol–water partition coefficient (Wildman–Crippen LogP) is 1.58. The maximum Gasteiger partial charge on any atom is 0.129 e. The number of Topliss-reactive ketones (excluding diaryl/α,β-unsaturated/α-hetero) is 1. The Morgan fingerprint density at radius 3 is 2.60 bits per heavy atom. The molecule has 0 amide bonds. The maximum atomic E-state index is 10.4. The maximum absolute atomic E-state index is 10.4. The van der Waals surface area contributed by atoms with Crippen molar-refractivity contribution in [3.63, 3.8) is 0 Å². The van der Waals surface area contributed by atoms with Gasteiger partial charge in [-0.2, -0.15) is 0 Å². The van der Waals surface area contributed by atoms with Crippen molar-refractivity contribution >= 4 is 12.1 Å². The minimum absolute atomic E-state index is 0.111. The van der Waals surface area contributed by atoms with E-state index in [0.717, 1.165) is 19.1 Å². The Morgan fingerprint density at radius 1 is 1.60 bits per heavy atom. The molecule has 0 aliphatic rings. The van der Waals surface area contributed by atoms with Crippen molar-refractivity contribution in [2.24, 2.45) is 5.92 Å². The zero-order chi connectivity index (χ0) is 7.98. The van der Waals surface area contributed by atoms with E-state index in [0.29, 0.717) is 6.42 Å². The number of rotatable bonds is 5. The van der Waals surface area contributed by atoms with Crippen LogP contribution in [0.15, 0.2) is 0 Å². The van der Waals surface area contributed by atoms with Crippen molar-refractivity contribution in [1.82, 2.24) is 0 Å². The van der Waals surface area contributed by atoms with Crippen LogP contribution in [0.3, 0.4) is 0 Å². The number of ketones is 1. The van der Waals surface area contributed by atoms with Crippen LogP contribution in [0.5, 0.6) is 0 Å². The molecule has 2 heteroatoms. The van der Waals surface area contributed by atoms with Gasteiger partial charge in [0.1, 0.15) is 12.1 Å². The van der Waals surface area contributed by atoms with Crippen LogP contribution in [-0.4, -0.2) is 12.1 Å². The van der Waals surface area contributed by atoms with E-state index in [1.807, 2.05) is 6.92 Å². The summed E-state index contributed by atoms with van der Waals surface area (Å²) in [4.78, 5) is 20.5. The lowest BCUT2D eigenvalue weighted by molar-refractivity contribution is -0.117. The summed E-state index contributed by atoms with van der Waals surface area (Å²) in [6.07, 6.45) is 3.22. The van der Waals surface area contributed by atoms with E-state index in [4.69, 9.17) is 0 Å². The van der Waals surface area contributed by atoms with Gasteiger partial charge in [-0.15, -0.1) is 0 Å². The second kappa shape index (κ2) is 5.15. The van der Waals surface area contributed by atoms with Gasteiger partial charge in [-0.3, -0.25) is 0 Å². The third-order valence-corrected chi connectivity index (χ3v) is 1.42. The fourth-order valence-electron chi connectivity index (χ4n) is 0.741. The minimum Gasteiger partial charge on any atom is -0.303 e. The smallest absolute Gasteiger partial charge is 0.129 e. The molecule has 0 saturated heterocycles. The topological polar surface area (TPSA) is 34.1 Å². The van der Waals surface area contributed by atoms with E-state index in [1.54, 1.807) is 6.92 Å².